The first-order valence-electron chi connectivity index (χ1n) is 8.02. The smallest absolute Gasteiger partial charge is 0.310 e. The van der Waals surface area contributed by atoms with Crippen LogP contribution in [0.5, 0.6) is 0 Å². The molecule has 6 nitrogen and oxygen atoms in total. The first kappa shape index (κ1) is 18.4. The Kier molecular flexibility index (Phi) is 5.99. The fourth-order valence-electron chi connectivity index (χ4n) is 2.84. The number of amides is 1. The molecule has 0 aliphatic carbocycles. The molecule has 1 aliphatic heterocycles. The molecule has 1 fully saturated rings. The number of benzene rings is 1. The molecular formula is C17H23NO5S. The summed E-state index contributed by atoms with van der Waals surface area (Å²) in [6, 6.07) is 6.58. The number of hydrogen-bond acceptors (Lipinski definition) is 5. The summed E-state index contributed by atoms with van der Waals surface area (Å²) >= 11 is 0. The summed E-state index contributed by atoms with van der Waals surface area (Å²) in [7, 11) is -3.10. The first-order valence-corrected chi connectivity index (χ1v) is 10.1. The van der Waals surface area contributed by atoms with Gasteiger partial charge < -0.3 is 9.64 Å². The molecule has 0 unspecified atom stereocenters. The van der Waals surface area contributed by atoms with Crippen LogP contribution >= 0.6 is 0 Å². The number of rotatable bonds is 5. The number of piperidine rings is 1. The van der Waals surface area contributed by atoms with E-state index in [1.54, 1.807) is 36.1 Å². The van der Waals surface area contributed by atoms with Crippen LogP contribution in [0.3, 0.4) is 0 Å². The summed E-state index contributed by atoms with van der Waals surface area (Å²) in [5.74, 6) is -0.712. The van der Waals surface area contributed by atoms with Gasteiger partial charge in [0.2, 0.25) is 0 Å². The van der Waals surface area contributed by atoms with Crippen LogP contribution in [0.2, 0.25) is 0 Å². The van der Waals surface area contributed by atoms with E-state index in [1.165, 1.54) is 6.26 Å². The summed E-state index contributed by atoms with van der Waals surface area (Å²) in [6.45, 7) is 3.08. The second-order valence-corrected chi connectivity index (χ2v) is 8.25. The maximum absolute atomic E-state index is 12.6. The van der Waals surface area contributed by atoms with Gasteiger partial charge in [-0.15, -0.1) is 0 Å². The third-order valence-corrected chi connectivity index (χ3v) is 4.82. The number of ether oxygens (including phenoxy) is 1. The molecule has 0 N–H and O–H groups in total. The lowest BCUT2D eigenvalue weighted by Gasteiger charge is -2.31. The second-order valence-electron chi connectivity index (χ2n) is 6.11. The van der Waals surface area contributed by atoms with E-state index in [2.05, 4.69) is 0 Å². The van der Waals surface area contributed by atoms with Gasteiger partial charge in [-0.05, 0) is 37.5 Å². The van der Waals surface area contributed by atoms with Crippen molar-refractivity contribution >= 4 is 21.7 Å². The average molecular weight is 353 g/mol. The highest BCUT2D eigenvalue weighted by Gasteiger charge is 2.29. The molecule has 1 heterocycles. The average Bonchev–Trinajstić information content (AvgIpc) is 2.54. The van der Waals surface area contributed by atoms with Crippen LogP contribution in [-0.2, 0) is 25.1 Å². The molecule has 1 aromatic rings. The van der Waals surface area contributed by atoms with Crippen molar-refractivity contribution in [2.75, 3.05) is 26.0 Å². The van der Waals surface area contributed by atoms with Gasteiger partial charge >= 0.3 is 5.97 Å². The predicted molar refractivity (Wildman–Crippen MR) is 90.3 cm³/mol. The van der Waals surface area contributed by atoms with E-state index in [0.717, 1.165) is 12.8 Å². The maximum atomic E-state index is 12.6. The largest absolute Gasteiger partial charge is 0.466 e. The van der Waals surface area contributed by atoms with E-state index in [0.29, 0.717) is 30.8 Å². The molecule has 1 amide bonds. The summed E-state index contributed by atoms with van der Waals surface area (Å²) in [5, 5.41) is 0. The Balaban J connectivity index is 2.04. The highest BCUT2D eigenvalue weighted by molar-refractivity contribution is 7.89. The first-order chi connectivity index (χ1) is 11.3. The van der Waals surface area contributed by atoms with E-state index in [-0.39, 0.29) is 23.5 Å². The van der Waals surface area contributed by atoms with E-state index in [4.69, 9.17) is 4.74 Å². The third-order valence-electron chi connectivity index (χ3n) is 3.96. The fourth-order valence-corrected chi connectivity index (χ4v) is 3.64. The van der Waals surface area contributed by atoms with Crippen molar-refractivity contribution in [2.24, 2.45) is 5.92 Å². The van der Waals surface area contributed by atoms with Crippen molar-refractivity contribution < 1.29 is 22.7 Å². The Hall–Kier alpha value is -1.89. The SMILES string of the molecule is CCOC(=O)[C@@H]1CCCN(C(=O)c2ccc(CS(C)(=O)=O)cc2)C1. The van der Waals surface area contributed by atoms with Crippen molar-refractivity contribution in [1.82, 2.24) is 4.90 Å². The van der Waals surface area contributed by atoms with Gasteiger partial charge in [0.1, 0.15) is 0 Å². The molecule has 1 atom stereocenters. The zero-order valence-electron chi connectivity index (χ0n) is 14.0. The van der Waals surface area contributed by atoms with Gasteiger partial charge in [-0.2, -0.15) is 0 Å². The van der Waals surface area contributed by atoms with Crippen molar-refractivity contribution in [1.29, 1.82) is 0 Å². The van der Waals surface area contributed by atoms with Crippen molar-refractivity contribution in [3.05, 3.63) is 35.4 Å². The van der Waals surface area contributed by atoms with Crippen LogP contribution in [0.25, 0.3) is 0 Å². The Labute approximate surface area is 142 Å². The molecular weight excluding hydrogens is 330 g/mol. The number of likely N-dealkylation sites (tertiary alicyclic amines) is 1. The van der Waals surface area contributed by atoms with Gasteiger partial charge in [0, 0.05) is 24.9 Å². The monoisotopic (exact) mass is 353 g/mol. The minimum atomic E-state index is -3.10. The number of carbonyl (C=O) groups excluding carboxylic acids is 2. The quantitative estimate of drug-likeness (QED) is 0.752. The van der Waals surface area contributed by atoms with Gasteiger partial charge in [-0.1, -0.05) is 12.1 Å². The molecule has 1 aliphatic rings. The molecule has 0 radical (unpaired) electrons. The summed E-state index contributed by atoms with van der Waals surface area (Å²) in [5.41, 5.74) is 1.15. The second kappa shape index (κ2) is 7.79. The van der Waals surface area contributed by atoms with Gasteiger partial charge in [0.15, 0.2) is 9.84 Å². The Morgan fingerprint density at radius 2 is 1.92 bits per heavy atom. The Morgan fingerprint density at radius 1 is 1.25 bits per heavy atom. The van der Waals surface area contributed by atoms with E-state index < -0.39 is 9.84 Å². The molecule has 0 aromatic heterocycles. The molecule has 1 aromatic carbocycles. The van der Waals surface area contributed by atoms with Crippen molar-refractivity contribution in [2.45, 2.75) is 25.5 Å². The zero-order chi connectivity index (χ0) is 17.7. The molecule has 132 valence electrons. The fraction of sp³-hybridized carbons (Fsp3) is 0.529. The molecule has 0 bridgehead atoms. The van der Waals surface area contributed by atoms with Gasteiger partial charge in [0.25, 0.3) is 5.91 Å². The van der Waals surface area contributed by atoms with Crippen molar-refractivity contribution in [3.63, 3.8) is 0 Å². The number of sulfone groups is 1. The standard InChI is InChI=1S/C17H23NO5S/c1-3-23-17(20)15-5-4-10-18(11-15)16(19)14-8-6-13(7-9-14)12-24(2,21)22/h6-9,15H,3-5,10-12H2,1-2H3/t15-/m1/s1. The number of nitrogens with zero attached hydrogens (tertiary/aromatic N) is 1. The lowest BCUT2D eigenvalue weighted by molar-refractivity contribution is -0.149. The zero-order valence-corrected chi connectivity index (χ0v) is 14.8. The minimum Gasteiger partial charge on any atom is -0.466 e. The van der Waals surface area contributed by atoms with E-state index >= 15 is 0 Å². The van der Waals surface area contributed by atoms with Crippen LogP contribution in [0.4, 0.5) is 0 Å². The third kappa shape index (κ3) is 5.06. The van der Waals surface area contributed by atoms with Gasteiger partial charge in [-0.25, -0.2) is 8.42 Å². The number of hydrogen-bond donors (Lipinski definition) is 0. The number of esters is 1. The summed E-state index contributed by atoms with van der Waals surface area (Å²) in [6.07, 6.45) is 2.67. The van der Waals surface area contributed by atoms with E-state index in [1.807, 2.05) is 0 Å². The molecule has 0 saturated carbocycles. The Morgan fingerprint density at radius 3 is 2.50 bits per heavy atom. The summed E-state index contributed by atoms with van der Waals surface area (Å²) < 4.78 is 27.6. The minimum absolute atomic E-state index is 0.0455. The Bertz CT molecular complexity index is 696. The topological polar surface area (TPSA) is 80.8 Å². The van der Waals surface area contributed by atoms with E-state index in [9.17, 15) is 18.0 Å². The van der Waals surface area contributed by atoms with Crippen LogP contribution < -0.4 is 0 Å². The predicted octanol–water partition coefficient (Wildman–Crippen LogP) is 1.65. The normalized spacial score (nSPS) is 18.2. The van der Waals surface area contributed by atoms with Gasteiger partial charge in [-0.3, -0.25) is 9.59 Å². The highest BCUT2D eigenvalue weighted by Crippen LogP contribution is 2.20. The molecule has 24 heavy (non-hydrogen) atoms. The molecule has 2 rings (SSSR count). The molecule has 0 spiro atoms. The van der Waals surface area contributed by atoms with Crippen LogP contribution in [0.1, 0.15) is 35.7 Å². The van der Waals surface area contributed by atoms with Crippen LogP contribution in [-0.4, -0.2) is 51.1 Å². The molecule has 7 heteroatoms. The van der Waals surface area contributed by atoms with Crippen LogP contribution in [0, 0.1) is 5.92 Å². The van der Waals surface area contributed by atoms with Crippen molar-refractivity contribution in [3.8, 4) is 0 Å². The van der Waals surface area contributed by atoms with Gasteiger partial charge in [0.05, 0.1) is 18.3 Å². The number of carbonyl (C=O) groups is 2. The summed E-state index contributed by atoms with van der Waals surface area (Å²) in [4.78, 5) is 26.1. The van der Waals surface area contributed by atoms with Crippen LogP contribution in [0.15, 0.2) is 24.3 Å². The lowest BCUT2D eigenvalue weighted by atomic mass is 9.97. The highest BCUT2D eigenvalue weighted by atomic mass is 32.2. The maximum Gasteiger partial charge on any atom is 0.310 e. The molecule has 1 saturated heterocycles. The lowest BCUT2D eigenvalue weighted by Crippen LogP contribution is -2.42.